The van der Waals surface area contributed by atoms with E-state index in [1.165, 1.54) is 12.8 Å². The highest BCUT2D eigenvalue weighted by Gasteiger charge is 2.19. The minimum absolute atomic E-state index is 0.0999. The van der Waals surface area contributed by atoms with Crippen molar-refractivity contribution in [3.63, 3.8) is 0 Å². The van der Waals surface area contributed by atoms with Crippen molar-refractivity contribution in [1.82, 2.24) is 10.2 Å². The Kier molecular flexibility index (Phi) is 4.94. The van der Waals surface area contributed by atoms with Gasteiger partial charge in [-0.05, 0) is 69.9 Å². The van der Waals surface area contributed by atoms with Crippen molar-refractivity contribution < 1.29 is 4.39 Å². The number of nitrogens with one attached hydrogen (secondary N) is 1. The molecule has 0 saturated carbocycles. The van der Waals surface area contributed by atoms with E-state index in [0.29, 0.717) is 0 Å². The third-order valence-electron chi connectivity index (χ3n) is 4.28. The van der Waals surface area contributed by atoms with Crippen molar-refractivity contribution in [1.29, 1.82) is 0 Å². The molecule has 19 heavy (non-hydrogen) atoms. The van der Waals surface area contributed by atoms with E-state index in [-0.39, 0.29) is 11.9 Å². The summed E-state index contributed by atoms with van der Waals surface area (Å²) in [5, 5.41) is 3.45. The molecule has 0 radical (unpaired) electrons. The van der Waals surface area contributed by atoms with Gasteiger partial charge >= 0.3 is 0 Å². The van der Waals surface area contributed by atoms with Crippen LogP contribution in [0.1, 0.15) is 36.9 Å². The lowest BCUT2D eigenvalue weighted by Gasteiger charge is -2.31. The standard InChI is InChI=1S/C16H25FN2/c1-12-6-7-15(9-16(12)17)13(2)19(3)11-14-5-4-8-18-10-14/h6-7,9,13-14,18H,4-5,8,10-11H2,1-3H3. The first-order valence-electron chi connectivity index (χ1n) is 7.25. The summed E-state index contributed by atoms with van der Waals surface area (Å²) in [6.07, 6.45) is 2.57. The number of rotatable bonds is 4. The first-order chi connectivity index (χ1) is 9.08. The summed E-state index contributed by atoms with van der Waals surface area (Å²) in [7, 11) is 2.14. The molecule has 0 amide bonds. The predicted molar refractivity (Wildman–Crippen MR) is 77.8 cm³/mol. The maximum Gasteiger partial charge on any atom is 0.126 e. The fourth-order valence-electron chi connectivity index (χ4n) is 2.77. The first-order valence-corrected chi connectivity index (χ1v) is 7.25. The van der Waals surface area contributed by atoms with Crippen molar-refractivity contribution in [2.45, 2.75) is 32.7 Å². The molecule has 1 heterocycles. The van der Waals surface area contributed by atoms with Crippen molar-refractivity contribution in [3.8, 4) is 0 Å². The summed E-state index contributed by atoms with van der Waals surface area (Å²) >= 11 is 0. The molecule has 2 unspecified atom stereocenters. The van der Waals surface area contributed by atoms with Gasteiger partial charge in [0.1, 0.15) is 5.82 Å². The lowest BCUT2D eigenvalue weighted by Crippen LogP contribution is -2.37. The Hall–Kier alpha value is -0.930. The Morgan fingerprint density at radius 1 is 1.47 bits per heavy atom. The third kappa shape index (κ3) is 3.77. The summed E-state index contributed by atoms with van der Waals surface area (Å²) in [5.74, 6) is 0.619. The van der Waals surface area contributed by atoms with Crippen LogP contribution in [0.4, 0.5) is 4.39 Å². The van der Waals surface area contributed by atoms with Gasteiger partial charge in [0.05, 0.1) is 0 Å². The lowest BCUT2D eigenvalue weighted by molar-refractivity contribution is 0.199. The molecule has 1 saturated heterocycles. The molecular weight excluding hydrogens is 239 g/mol. The monoisotopic (exact) mass is 264 g/mol. The van der Waals surface area contributed by atoms with E-state index in [1.807, 2.05) is 12.1 Å². The number of nitrogens with zero attached hydrogens (tertiary/aromatic N) is 1. The van der Waals surface area contributed by atoms with Crippen LogP contribution in [0.5, 0.6) is 0 Å². The molecule has 0 aliphatic carbocycles. The second-order valence-electron chi connectivity index (χ2n) is 5.84. The Labute approximate surface area is 116 Å². The van der Waals surface area contributed by atoms with Gasteiger partial charge in [-0.15, -0.1) is 0 Å². The molecule has 1 aliphatic rings. The summed E-state index contributed by atoms with van der Waals surface area (Å²) < 4.78 is 13.6. The van der Waals surface area contributed by atoms with Crippen LogP contribution in [-0.4, -0.2) is 31.6 Å². The van der Waals surface area contributed by atoms with Gasteiger partial charge in [-0.2, -0.15) is 0 Å². The number of hydrogen-bond donors (Lipinski definition) is 1. The molecule has 0 spiro atoms. The van der Waals surface area contributed by atoms with E-state index in [2.05, 4.69) is 24.2 Å². The van der Waals surface area contributed by atoms with E-state index in [0.717, 1.165) is 36.7 Å². The van der Waals surface area contributed by atoms with Crippen molar-refractivity contribution in [2.24, 2.45) is 5.92 Å². The van der Waals surface area contributed by atoms with Gasteiger partial charge in [-0.3, -0.25) is 4.90 Å². The lowest BCUT2D eigenvalue weighted by atomic mass is 9.97. The molecule has 2 nitrogen and oxygen atoms in total. The van der Waals surface area contributed by atoms with Crippen LogP contribution in [0.3, 0.4) is 0 Å². The largest absolute Gasteiger partial charge is 0.316 e. The normalized spacial score (nSPS) is 21.6. The molecule has 0 aromatic heterocycles. The zero-order chi connectivity index (χ0) is 13.8. The minimum atomic E-state index is -0.0999. The van der Waals surface area contributed by atoms with Gasteiger partial charge in [-0.25, -0.2) is 4.39 Å². The summed E-state index contributed by atoms with van der Waals surface area (Å²) in [4.78, 5) is 2.34. The zero-order valence-electron chi connectivity index (χ0n) is 12.2. The van der Waals surface area contributed by atoms with E-state index in [9.17, 15) is 4.39 Å². The van der Waals surface area contributed by atoms with E-state index in [4.69, 9.17) is 0 Å². The zero-order valence-corrected chi connectivity index (χ0v) is 12.2. The number of benzene rings is 1. The summed E-state index contributed by atoms with van der Waals surface area (Å²) in [5.41, 5.74) is 1.78. The Bertz CT molecular complexity index is 413. The second kappa shape index (κ2) is 6.49. The van der Waals surface area contributed by atoms with Gasteiger partial charge in [0.2, 0.25) is 0 Å². The molecule has 2 atom stereocenters. The molecule has 1 aromatic rings. The SMILES string of the molecule is Cc1ccc(C(C)N(C)CC2CCCNC2)cc1F. The van der Waals surface area contributed by atoms with Crippen LogP contribution in [0.2, 0.25) is 0 Å². The molecule has 3 heteroatoms. The fourth-order valence-corrected chi connectivity index (χ4v) is 2.77. The Morgan fingerprint density at radius 2 is 2.26 bits per heavy atom. The van der Waals surface area contributed by atoms with E-state index < -0.39 is 0 Å². The molecule has 1 aliphatic heterocycles. The maximum atomic E-state index is 13.6. The van der Waals surface area contributed by atoms with Crippen LogP contribution >= 0.6 is 0 Å². The average molecular weight is 264 g/mol. The van der Waals surface area contributed by atoms with Crippen LogP contribution in [-0.2, 0) is 0 Å². The van der Waals surface area contributed by atoms with Crippen molar-refractivity contribution in [2.75, 3.05) is 26.7 Å². The number of hydrogen-bond acceptors (Lipinski definition) is 2. The van der Waals surface area contributed by atoms with Crippen LogP contribution < -0.4 is 5.32 Å². The molecule has 2 rings (SSSR count). The Balaban J connectivity index is 1.97. The number of piperidine rings is 1. The third-order valence-corrected chi connectivity index (χ3v) is 4.28. The summed E-state index contributed by atoms with van der Waals surface area (Å²) in [6.45, 7) is 7.30. The highest BCUT2D eigenvalue weighted by molar-refractivity contribution is 5.25. The highest BCUT2D eigenvalue weighted by Crippen LogP contribution is 2.23. The Morgan fingerprint density at radius 3 is 2.89 bits per heavy atom. The topological polar surface area (TPSA) is 15.3 Å². The molecule has 1 N–H and O–H groups in total. The fraction of sp³-hybridized carbons (Fsp3) is 0.625. The van der Waals surface area contributed by atoms with Crippen molar-refractivity contribution in [3.05, 3.63) is 35.1 Å². The predicted octanol–water partition coefficient (Wildman–Crippen LogP) is 3.13. The molecular formula is C16H25FN2. The van der Waals surface area contributed by atoms with Gasteiger partial charge in [-0.1, -0.05) is 12.1 Å². The van der Waals surface area contributed by atoms with E-state index >= 15 is 0 Å². The molecule has 0 bridgehead atoms. The first kappa shape index (κ1) is 14.5. The maximum absolute atomic E-state index is 13.6. The summed E-state index contributed by atoms with van der Waals surface area (Å²) in [6, 6.07) is 5.85. The molecule has 1 fully saturated rings. The quantitative estimate of drug-likeness (QED) is 0.899. The van der Waals surface area contributed by atoms with E-state index in [1.54, 1.807) is 13.0 Å². The second-order valence-corrected chi connectivity index (χ2v) is 5.84. The van der Waals surface area contributed by atoms with Gasteiger partial charge in [0.25, 0.3) is 0 Å². The van der Waals surface area contributed by atoms with Crippen LogP contribution in [0.15, 0.2) is 18.2 Å². The van der Waals surface area contributed by atoms with Gasteiger partial charge < -0.3 is 5.32 Å². The molecule has 1 aromatic carbocycles. The number of aryl methyl sites for hydroxylation is 1. The van der Waals surface area contributed by atoms with Crippen molar-refractivity contribution >= 4 is 0 Å². The van der Waals surface area contributed by atoms with Gasteiger partial charge in [0, 0.05) is 12.6 Å². The van der Waals surface area contributed by atoms with Crippen LogP contribution in [0.25, 0.3) is 0 Å². The average Bonchev–Trinajstić information content (AvgIpc) is 2.42. The smallest absolute Gasteiger partial charge is 0.126 e. The molecule has 106 valence electrons. The van der Waals surface area contributed by atoms with Crippen LogP contribution in [0, 0.1) is 18.7 Å². The van der Waals surface area contributed by atoms with Gasteiger partial charge in [0.15, 0.2) is 0 Å². The highest BCUT2D eigenvalue weighted by atomic mass is 19.1. The minimum Gasteiger partial charge on any atom is -0.316 e. The number of halogens is 1.